The first-order valence-corrected chi connectivity index (χ1v) is 16.1. The summed E-state index contributed by atoms with van der Waals surface area (Å²) in [5.74, 6) is 3.83. The van der Waals surface area contributed by atoms with Crippen LogP contribution >= 0.6 is 0 Å². The minimum atomic E-state index is -0.823. The lowest BCUT2D eigenvalue weighted by atomic mass is 9.93. The van der Waals surface area contributed by atoms with E-state index in [1.807, 2.05) is 4.90 Å². The average Bonchev–Trinajstić information content (AvgIpc) is 3.65. The second-order valence-corrected chi connectivity index (χ2v) is 13.1. The van der Waals surface area contributed by atoms with Crippen LogP contribution in [-0.4, -0.2) is 89.1 Å². The molecule has 1 unspecified atom stereocenters. The average molecular weight is 669 g/mol. The van der Waals surface area contributed by atoms with Gasteiger partial charge in [-0.3, -0.25) is 9.88 Å². The van der Waals surface area contributed by atoms with Crippen LogP contribution in [0.1, 0.15) is 31.2 Å². The highest BCUT2D eigenvalue weighted by Crippen LogP contribution is 2.43. The van der Waals surface area contributed by atoms with Gasteiger partial charge in [-0.2, -0.15) is 9.97 Å². The van der Waals surface area contributed by atoms with Crippen molar-refractivity contribution in [2.24, 2.45) is 0 Å². The first kappa shape index (κ1) is 32.7. The third kappa shape index (κ3) is 5.70. The molecule has 3 aliphatic heterocycles. The Balaban J connectivity index is 1.38. The number of aromatic hydroxyl groups is 1. The third-order valence-corrected chi connectivity index (χ3v) is 9.95. The highest BCUT2D eigenvalue weighted by molar-refractivity contribution is 6.03. The fraction of sp³-hybridized carbons (Fsp3) is 0.378. The summed E-state index contributed by atoms with van der Waals surface area (Å²) in [7, 11) is 1.60. The summed E-state index contributed by atoms with van der Waals surface area (Å²) in [5, 5.41) is 15.0. The number of nitrogens with one attached hydrogen (secondary N) is 1. The fourth-order valence-electron chi connectivity index (χ4n) is 7.79. The predicted octanol–water partition coefficient (Wildman–Crippen LogP) is 5.10. The summed E-state index contributed by atoms with van der Waals surface area (Å²) >= 11 is 0. The number of fused-ring (bicyclic) bond motifs is 3. The minimum absolute atomic E-state index is 0.0543. The fourth-order valence-corrected chi connectivity index (χ4v) is 7.79. The number of aromatic nitrogens is 3. The molecule has 0 spiro atoms. The van der Waals surface area contributed by atoms with Gasteiger partial charge in [-0.1, -0.05) is 12.0 Å². The van der Waals surface area contributed by atoms with Crippen LogP contribution in [0.3, 0.4) is 0 Å². The van der Waals surface area contributed by atoms with E-state index in [1.165, 1.54) is 30.5 Å². The van der Waals surface area contributed by atoms with Gasteiger partial charge in [0.15, 0.2) is 5.82 Å². The van der Waals surface area contributed by atoms with Crippen LogP contribution in [0.5, 0.6) is 11.8 Å². The van der Waals surface area contributed by atoms with Crippen LogP contribution in [0.25, 0.3) is 32.9 Å². The van der Waals surface area contributed by atoms with Gasteiger partial charge in [-0.25, -0.2) is 13.2 Å². The number of nitrogens with zero attached hydrogens (tertiary/aromatic N) is 5. The molecule has 0 bridgehead atoms. The molecule has 2 aromatic carbocycles. The molecule has 0 amide bonds. The Morgan fingerprint density at radius 2 is 2.02 bits per heavy atom. The number of phenols is 1. The van der Waals surface area contributed by atoms with Crippen molar-refractivity contribution >= 4 is 27.5 Å². The summed E-state index contributed by atoms with van der Waals surface area (Å²) in [6.45, 7) is 3.32. The lowest BCUT2D eigenvalue weighted by Crippen LogP contribution is -2.63. The molecule has 252 valence electrons. The highest BCUT2D eigenvalue weighted by atomic mass is 19.1. The molecular formula is C37H35F3N6O3. The van der Waals surface area contributed by atoms with Gasteiger partial charge in [0, 0.05) is 56.9 Å². The Hall–Kier alpha value is -4.88. The Labute approximate surface area is 282 Å². The third-order valence-electron chi connectivity index (χ3n) is 9.95. The Bertz CT molecular complexity index is 2070. The number of terminal acetylenes is 2. The van der Waals surface area contributed by atoms with Crippen molar-refractivity contribution in [3.8, 4) is 47.7 Å². The van der Waals surface area contributed by atoms with Crippen molar-refractivity contribution < 1.29 is 27.8 Å². The molecule has 0 radical (unpaired) electrons. The van der Waals surface area contributed by atoms with E-state index in [1.54, 1.807) is 7.11 Å². The molecule has 0 aliphatic carbocycles. The van der Waals surface area contributed by atoms with Gasteiger partial charge in [0.05, 0.1) is 35.0 Å². The Kier molecular flexibility index (Phi) is 8.57. The highest BCUT2D eigenvalue weighted by Gasteiger charge is 2.47. The second-order valence-electron chi connectivity index (χ2n) is 13.1. The second kappa shape index (κ2) is 12.9. The van der Waals surface area contributed by atoms with Gasteiger partial charge in [-0.05, 0) is 55.0 Å². The van der Waals surface area contributed by atoms with Crippen molar-refractivity contribution in [3.63, 3.8) is 0 Å². The van der Waals surface area contributed by atoms with Crippen LogP contribution in [0.2, 0.25) is 0 Å². The number of anilines is 1. The van der Waals surface area contributed by atoms with E-state index in [2.05, 4.69) is 32.0 Å². The predicted molar refractivity (Wildman–Crippen MR) is 181 cm³/mol. The van der Waals surface area contributed by atoms with Gasteiger partial charge in [0.1, 0.15) is 35.2 Å². The topological polar surface area (TPSA) is 95.9 Å². The number of benzene rings is 2. The first-order chi connectivity index (χ1) is 23.7. The monoisotopic (exact) mass is 668 g/mol. The molecule has 3 fully saturated rings. The molecule has 3 aliphatic rings. The van der Waals surface area contributed by atoms with Crippen molar-refractivity contribution in [2.45, 2.75) is 36.8 Å². The molecular weight excluding hydrogens is 633 g/mol. The lowest BCUT2D eigenvalue weighted by molar-refractivity contribution is 0.105. The number of halogens is 3. The maximum Gasteiger partial charge on any atom is 0.319 e. The van der Waals surface area contributed by atoms with Crippen LogP contribution in [0, 0.1) is 36.3 Å². The van der Waals surface area contributed by atoms with Crippen LogP contribution < -0.4 is 15.0 Å². The number of ether oxygens (including phenoxy) is 2. The van der Waals surface area contributed by atoms with Crippen LogP contribution in [-0.2, 0) is 4.74 Å². The lowest BCUT2D eigenvalue weighted by Gasteiger charge is -2.43. The van der Waals surface area contributed by atoms with E-state index >= 15 is 4.39 Å². The molecule has 0 saturated carbocycles. The SMILES string of the molecule is C#CC[C@]1(COC)CN(c2nc(OCC34CCCN3C/C(=C/F)C4)nc3c(F)c(-c4cc(O)cc5ccc(F)c(C#C)c45)ncc23)CCN1. The molecule has 12 heteroatoms. The van der Waals surface area contributed by atoms with E-state index < -0.39 is 22.7 Å². The zero-order chi connectivity index (χ0) is 34.3. The Morgan fingerprint density at radius 1 is 1.16 bits per heavy atom. The number of rotatable bonds is 8. The zero-order valence-corrected chi connectivity index (χ0v) is 27.0. The zero-order valence-electron chi connectivity index (χ0n) is 27.0. The van der Waals surface area contributed by atoms with Gasteiger partial charge in [-0.15, -0.1) is 18.8 Å². The molecule has 5 heterocycles. The molecule has 4 aromatic rings. The van der Waals surface area contributed by atoms with Gasteiger partial charge in [0.25, 0.3) is 0 Å². The summed E-state index contributed by atoms with van der Waals surface area (Å²) in [6.07, 6.45) is 16.2. The summed E-state index contributed by atoms with van der Waals surface area (Å²) in [4.78, 5) is 18.1. The maximum absolute atomic E-state index is 17.0. The number of hydrogen-bond acceptors (Lipinski definition) is 9. The van der Waals surface area contributed by atoms with E-state index in [9.17, 15) is 13.9 Å². The molecule has 9 nitrogen and oxygen atoms in total. The number of piperazine rings is 1. The molecule has 3 saturated heterocycles. The van der Waals surface area contributed by atoms with Crippen molar-refractivity contribution in [1.82, 2.24) is 25.2 Å². The molecule has 49 heavy (non-hydrogen) atoms. The largest absolute Gasteiger partial charge is 0.508 e. The molecule has 7 rings (SSSR count). The van der Waals surface area contributed by atoms with E-state index in [0.717, 1.165) is 19.4 Å². The van der Waals surface area contributed by atoms with Gasteiger partial charge in [0.2, 0.25) is 0 Å². The van der Waals surface area contributed by atoms with Crippen LogP contribution in [0.15, 0.2) is 42.4 Å². The standard InChI is InChI=1S/C37H35F3N6O3/c1-4-9-36(21-48-3)20-45(13-11-42-36)34-28-18-41-32(27-15-25(47)14-24-7-8-29(39)26(5-2)30(24)27)31(40)33(28)43-35(44-34)49-22-37-10-6-12-46(37)19-23(16-37)17-38/h1-2,7-8,14-15,17-18,42,47H,6,9-13,16,19-22H2,3H3/b23-17+/t36-,37?/m1/s1. The van der Waals surface area contributed by atoms with Gasteiger partial charge >= 0.3 is 6.01 Å². The van der Waals surface area contributed by atoms with E-state index in [4.69, 9.17) is 27.3 Å². The molecule has 2 atom stereocenters. The van der Waals surface area contributed by atoms with Crippen molar-refractivity contribution in [2.75, 3.05) is 57.9 Å². The Morgan fingerprint density at radius 3 is 2.80 bits per heavy atom. The summed E-state index contributed by atoms with van der Waals surface area (Å²) in [6, 6.07) is 5.34. The van der Waals surface area contributed by atoms with Crippen LogP contribution in [0.4, 0.5) is 19.0 Å². The smallest absolute Gasteiger partial charge is 0.319 e. The molecule has 2 N–H and O–H groups in total. The normalized spacial score (nSPS) is 23.2. The maximum atomic E-state index is 17.0. The summed E-state index contributed by atoms with van der Waals surface area (Å²) in [5.41, 5.74) is -0.532. The first-order valence-electron chi connectivity index (χ1n) is 16.1. The van der Waals surface area contributed by atoms with E-state index in [0.29, 0.717) is 74.1 Å². The summed E-state index contributed by atoms with van der Waals surface area (Å²) < 4.78 is 57.3. The molecule has 2 aromatic heterocycles. The quantitative estimate of drug-likeness (QED) is 0.249. The number of phenolic OH excluding ortho intramolecular Hbond substituents is 1. The van der Waals surface area contributed by atoms with Gasteiger partial charge < -0.3 is 24.8 Å². The number of hydrogen-bond donors (Lipinski definition) is 2. The number of methoxy groups -OCH3 is 1. The van der Waals surface area contributed by atoms with Crippen molar-refractivity contribution in [1.29, 1.82) is 0 Å². The van der Waals surface area contributed by atoms with Crippen molar-refractivity contribution in [3.05, 3.63) is 59.6 Å². The number of pyridine rings is 1. The van der Waals surface area contributed by atoms with E-state index in [-0.39, 0.29) is 46.1 Å². The minimum Gasteiger partial charge on any atom is -0.508 e.